The third-order valence-corrected chi connectivity index (χ3v) is 5.83. The highest BCUT2D eigenvalue weighted by Crippen LogP contribution is 2.41. The first-order valence-electron chi connectivity index (χ1n) is 9.59. The van der Waals surface area contributed by atoms with Crippen LogP contribution in [-0.4, -0.2) is 22.7 Å². The summed E-state index contributed by atoms with van der Waals surface area (Å²) in [5.41, 5.74) is 3.69. The molecular weight excluding hydrogens is 414 g/mol. The number of hydrogen-bond acceptors (Lipinski definition) is 7. The van der Waals surface area contributed by atoms with Crippen LogP contribution in [0.4, 0.5) is 5.13 Å². The van der Waals surface area contributed by atoms with Gasteiger partial charge in [0.1, 0.15) is 23.4 Å². The van der Waals surface area contributed by atoms with E-state index in [1.54, 1.807) is 35.9 Å². The summed E-state index contributed by atoms with van der Waals surface area (Å²) < 4.78 is 11.5. The summed E-state index contributed by atoms with van der Waals surface area (Å²) in [6.45, 7) is 5.93. The van der Waals surface area contributed by atoms with E-state index in [1.807, 2.05) is 25.1 Å². The highest BCUT2D eigenvalue weighted by atomic mass is 32.1. The molecule has 0 unspecified atom stereocenters. The Balaban J connectivity index is 1.72. The molecule has 0 N–H and O–H groups in total. The Bertz CT molecular complexity index is 1360. The lowest BCUT2D eigenvalue weighted by molar-refractivity contribution is 0.0970. The van der Waals surface area contributed by atoms with Gasteiger partial charge in [-0.15, -0.1) is 10.2 Å². The number of carbonyl (C=O) groups excluding carboxylic acids is 1. The fourth-order valence-corrected chi connectivity index (χ4v) is 4.36. The molecule has 154 valence electrons. The third-order valence-electron chi connectivity index (χ3n) is 5.14. The first kappa shape index (κ1) is 19.2. The molecule has 0 radical (unpaired) electrons. The first-order chi connectivity index (χ1) is 15.1. The summed E-state index contributed by atoms with van der Waals surface area (Å²) >= 11 is 1.22. The van der Waals surface area contributed by atoms with Gasteiger partial charge >= 0.3 is 0 Å². The van der Waals surface area contributed by atoms with E-state index < -0.39 is 11.9 Å². The van der Waals surface area contributed by atoms with Gasteiger partial charge in [0, 0.05) is 0 Å². The maximum Gasteiger partial charge on any atom is 0.297 e. The second kappa shape index (κ2) is 7.48. The number of ether oxygens (including phenoxy) is 1. The maximum absolute atomic E-state index is 13.5. The monoisotopic (exact) mass is 431 g/mol. The van der Waals surface area contributed by atoms with Crippen LogP contribution in [0, 0.1) is 6.92 Å². The van der Waals surface area contributed by atoms with Crippen LogP contribution in [0.15, 0.2) is 69.8 Å². The molecule has 3 heterocycles. The molecule has 0 bridgehead atoms. The van der Waals surface area contributed by atoms with Crippen molar-refractivity contribution in [2.45, 2.75) is 13.0 Å². The maximum atomic E-state index is 13.5. The van der Waals surface area contributed by atoms with Gasteiger partial charge in [-0.1, -0.05) is 47.8 Å². The van der Waals surface area contributed by atoms with Gasteiger partial charge in [-0.2, -0.15) is 0 Å². The Kier molecular flexibility index (Phi) is 4.63. The summed E-state index contributed by atoms with van der Waals surface area (Å²) in [7, 11) is 0. The number of hydrogen-bond donors (Lipinski definition) is 0. The molecule has 2 aromatic carbocycles. The number of aryl methyl sites for hydroxylation is 1. The molecule has 4 aromatic rings. The zero-order valence-electron chi connectivity index (χ0n) is 16.6. The molecule has 1 atom stereocenters. The quantitative estimate of drug-likeness (QED) is 0.439. The number of anilines is 1. The van der Waals surface area contributed by atoms with E-state index in [2.05, 4.69) is 16.8 Å². The molecule has 0 aliphatic carbocycles. The van der Waals surface area contributed by atoms with Crippen LogP contribution in [0.5, 0.6) is 5.75 Å². The number of nitrogens with zero attached hydrogens (tertiary/aromatic N) is 3. The number of rotatable bonds is 5. The van der Waals surface area contributed by atoms with Crippen LogP contribution in [-0.2, 0) is 0 Å². The molecule has 8 heteroatoms. The third kappa shape index (κ3) is 3.12. The van der Waals surface area contributed by atoms with Gasteiger partial charge in [-0.05, 0) is 36.8 Å². The zero-order chi connectivity index (χ0) is 21.5. The Labute approximate surface area is 181 Å². The van der Waals surface area contributed by atoms with Gasteiger partial charge in [0.15, 0.2) is 5.43 Å². The predicted molar refractivity (Wildman–Crippen MR) is 118 cm³/mol. The smallest absolute Gasteiger partial charge is 0.297 e. The van der Waals surface area contributed by atoms with Crippen molar-refractivity contribution in [1.29, 1.82) is 0 Å². The van der Waals surface area contributed by atoms with Crippen LogP contribution in [0.25, 0.3) is 11.0 Å². The highest BCUT2D eigenvalue weighted by Gasteiger charge is 2.44. The second-order valence-corrected chi connectivity index (χ2v) is 7.95. The van der Waals surface area contributed by atoms with Gasteiger partial charge in [0.25, 0.3) is 5.91 Å². The van der Waals surface area contributed by atoms with Crippen LogP contribution in [0.3, 0.4) is 0 Å². The summed E-state index contributed by atoms with van der Waals surface area (Å²) in [5, 5.41) is 8.78. The van der Waals surface area contributed by atoms with Crippen molar-refractivity contribution in [3.63, 3.8) is 0 Å². The molecule has 1 aliphatic heterocycles. The summed E-state index contributed by atoms with van der Waals surface area (Å²) in [6.07, 6.45) is 1.66. The van der Waals surface area contributed by atoms with Crippen molar-refractivity contribution in [3.8, 4) is 5.75 Å². The first-order valence-corrected chi connectivity index (χ1v) is 10.5. The van der Waals surface area contributed by atoms with Crippen LogP contribution < -0.4 is 15.1 Å². The van der Waals surface area contributed by atoms with Gasteiger partial charge in [0.2, 0.25) is 10.9 Å². The minimum Gasteiger partial charge on any atom is -0.490 e. The van der Waals surface area contributed by atoms with Crippen LogP contribution >= 0.6 is 11.3 Å². The average Bonchev–Trinajstić information content (AvgIpc) is 3.40. The van der Waals surface area contributed by atoms with Crippen molar-refractivity contribution in [2.24, 2.45) is 0 Å². The predicted octanol–water partition coefficient (Wildman–Crippen LogP) is 4.27. The molecule has 1 amide bonds. The Hall–Kier alpha value is -3.78. The molecule has 5 rings (SSSR count). The van der Waals surface area contributed by atoms with Crippen molar-refractivity contribution in [2.75, 3.05) is 11.5 Å². The molecular formula is C23H17N3O4S. The standard InChI is InChI=1S/C23H17N3O4S/c1-3-10-29-15-7-5-14(6-8-15)19-18-20(27)16-11-13(2)4-9-17(16)30-21(18)22(28)26(19)23-25-24-12-31-23/h3-9,11-12,19H,1,10H2,2H3/t19-/m1/s1. The fourth-order valence-electron chi connectivity index (χ4n) is 3.77. The van der Waals surface area contributed by atoms with E-state index in [0.717, 1.165) is 11.1 Å². The van der Waals surface area contributed by atoms with E-state index >= 15 is 0 Å². The van der Waals surface area contributed by atoms with Gasteiger partial charge in [-0.3, -0.25) is 14.5 Å². The molecule has 0 fully saturated rings. The zero-order valence-corrected chi connectivity index (χ0v) is 17.4. The molecule has 2 aromatic heterocycles. The fraction of sp³-hybridized carbons (Fsp3) is 0.130. The molecule has 7 nitrogen and oxygen atoms in total. The molecule has 1 aliphatic rings. The van der Waals surface area contributed by atoms with E-state index in [4.69, 9.17) is 9.15 Å². The lowest BCUT2D eigenvalue weighted by Gasteiger charge is -2.22. The van der Waals surface area contributed by atoms with Gasteiger partial charge in [-0.25, -0.2) is 0 Å². The van der Waals surface area contributed by atoms with E-state index in [0.29, 0.717) is 34.0 Å². The largest absolute Gasteiger partial charge is 0.490 e. The van der Waals surface area contributed by atoms with Crippen molar-refractivity contribution in [1.82, 2.24) is 10.2 Å². The van der Waals surface area contributed by atoms with Crippen LogP contribution in [0.2, 0.25) is 0 Å². The minimum absolute atomic E-state index is 0.0357. The number of aromatic nitrogens is 2. The van der Waals surface area contributed by atoms with E-state index in [1.165, 1.54) is 16.2 Å². The Morgan fingerprint density at radius 3 is 2.74 bits per heavy atom. The van der Waals surface area contributed by atoms with E-state index in [9.17, 15) is 9.59 Å². The van der Waals surface area contributed by atoms with Crippen LogP contribution in [0.1, 0.15) is 33.3 Å². The minimum atomic E-state index is -0.676. The van der Waals surface area contributed by atoms with Gasteiger partial charge < -0.3 is 9.15 Å². The van der Waals surface area contributed by atoms with Crippen molar-refractivity contribution >= 4 is 33.3 Å². The average molecular weight is 431 g/mol. The topological polar surface area (TPSA) is 85.5 Å². The highest BCUT2D eigenvalue weighted by molar-refractivity contribution is 7.13. The van der Waals surface area contributed by atoms with Gasteiger partial charge in [0.05, 0.1) is 17.0 Å². The normalized spacial score (nSPS) is 15.3. The SMILES string of the molecule is C=CCOc1ccc([C@@H]2c3c(oc4ccc(C)cc4c3=O)C(=O)N2c2nncs2)cc1. The number of fused-ring (bicyclic) bond motifs is 2. The number of carbonyl (C=O) groups is 1. The summed E-state index contributed by atoms with van der Waals surface area (Å²) in [4.78, 5) is 28.3. The lowest BCUT2D eigenvalue weighted by Crippen LogP contribution is -2.29. The van der Waals surface area contributed by atoms with Crippen molar-refractivity contribution in [3.05, 3.63) is 93.3 Å². The molecule has 0 saturated heterocycles. The second-order valence-electron chi connectivity index (χ2n) is 7.14. The number of benzene rings is 2. The summed E-state index contributed by atoms with van der Waals surface area (Å²) in [6, 6.07) is 11.9. The Morgan fingerprint density at radius 2 is 2.03 bits per heavy atom. The molecule has 0 spiro atoms. The molecule has 0 saturated carbocycles. The molecule has 31 heavy (non-hydrogen) atoms. The Morgan fingerprint density at radius 1 is 1.23 bits per heavy atom. The lowest BCUT2D eigenvalue weighted by atomic mass is 9.98. The van der Waals surface area contributed by atoms with E-state index in [-0.39, 0.29) is 11.2 Å². The number of amides is 1. The summed E-state index contributed by atoms with van der Waals surface area (Å²) in [5.74, 6) is 0.286. The van der Waals surface area contributed by atoms with Crippen molar-refractivity contribution < 1.29 is 13.9 Å².